The van der Waals surface area contributed by atoms with E-state index >= 15 is 0 Å². The second kappa shape index (κ2) is 3.43. The molecule has 1 aromatic rings. The number of aromatic nitrogens is 2. The molecule has 6 heteroatoms. The molecule has 0 saturated carbocycles. The summed E-state index contributed by atoms with van der Waals surface area (Å²) in [5.74, 6) is 0.465. The summed E-state index contributed by atoms with van der Waals surface area (Å²) in [5, 5.41) is 2.97. The van der Waals surface area contributed by atoms with Crippen LogP contribution in [-0.2, 0) is 0 Å². The summed E-state index contributed by atoms with van der Waals surface area (Å²) >= 11 is 5.59. The average molecular weight is 168 g/mol. The second-order valence-electron chi connectivity index (χ2n) is 1.81. The molecule has 3 N–H and O–H groups in total. The quantitative estimate of drug-likeness (QED) is 0.491. The minimum Gasteiger partial charge on any atom is -0.393 e. The Balaban J connectivity index is 2.96. The molecule has 56 valence electrons. The van der Waals surface area contributed by atoms with Crippen LogP contribution in [0.15, 0.2) is 6.33 Å². The molecule has 0 unspecified atom stereocenters. The van der Waals surface area contributed by atoms with Gasteiger partial charge in [0.25, 0.3) is 0 Å². The van der Waals surface area contributed by atoms with E-state index in [2.05, 4.69) is 15.3 Å². The lowest BCUT2D eigenvalue weighted by molar-refractivity contribution is 1.16. The normalized spacial score (nSPS) is 9.55. The highest BCUT2D eigenvalue weighted by atomic mass is 35.5. The van der Waals surface area contributed by atoms with Crippen molar-refractivity contribution in [2.75, 3.05) is 17.5 Å². The highest BCUT2D eigenvalue weighted by Crippen LogP contribution is 2.20. The Hall–Kier alpha value is -0.965. The third-order valence-corrected chi connectivity index (χ3v) is 1.41. The van der Waals surface area contributed by atoms with Crippen molar-refractivity contribution in [3.63, 3.8) is 0 Å². The summed E-state index contributed by atoms with van der Waals surface area (Å²) < 4.78 is 0. The van der Waals surface area contributed by atoms with Gasteiger partial charge in [-0.15, -0.1) is 0 Å². The van der Waals surface area contributed by atoms with Crippen LogP contribution in [0.5, 0.6) is 0 Å². The molecule has 0 bridgehead atoms. The van der Waals surface area contributed by atoms with Crippen LogP contribution in [0.2, 0.25) is 5.15 Å². The first-order valence-electron chi connectivity index (χ1n) is 2.95. The molecule has 0 amide bonds. The highest BCUT2D eigenvalue weighted by molar-refractivity contribution is 6.32. The zero-order valence-electron chi connectivity index (χ0n) is 5.71. The maximum atomic E-state index is 5.59. The van der Waals surface area contributed by atoms with Crippen molar-refractivity contribution >= 4 is 31.0 Å². The Morgan fingerprint density at radius 2 is 2.36 bits per heavy atom. The molecule has 0 spiro atoms. The average Bonchev–Trinajstić information content (AvgIpc) is 1.99. The smallest absolute Gasteiger partial charge is 0.157 e. The van der Waals surface area contributed by atoms with E-state index in [1.807, 2.05) is 0 Å². The standard InChI is InChI=1S/C5H6BClN4/c6-1-9-5-3(8)4(7)10-2-11-5/h2H,1,8H2,(H,9,10,11). The molecule has 1 rings (SSSR count). The Labute approximate surface area is 70.6 Å². The van der Waals surface area contributed by atoms with Gasteiger partial charge in [0.2, 0.25) is 0 Å². The molecule has 1 aromatic heterocycles. The Bertz CT molecular complexity index is 254. The molecular weight excluding hydrogens is 162 g/mol. The van der Waals surface area contributed by atoms with Crippen molar-refractivity contribution in [1.29, 1.82) is 0 Å². The first-order valence-corrected chi connectivity index (χ1v) is 3.33. The maximum absolute atomic E-state index is 5.59. The minimum atomic E-state index is 0.232. The summed E-state index contributed by atoms with van der Waals surface area (Å²) in [6.07, 6.45) is 1.58. The maximum Gasteiger partial charge on any atom is 0.157 e. The monoisotopic (exact) mass is 168 g/mol. The predicted molar refractivity (Wildman–Crippen MR) is 45.7 cm³/mol. The molecule has 0 aliphatic heterocycles. The van der Waals surface area contributed by atoms with Gasteiger partial charge in [0.05, 0.1) is 7.85 Å². The fourth-order valence-corrected chi connectivity index (χ4v) is 0.745. The van der Waals surface area contributed by atoms with Crippen molar-refractivity contribution < 1.29 is 0 Å². The lowest BCUT2D eigenvalue weighted by Gasteiger charge is -2.04. The van der Waals surface area contributed by atoms with Crippen LogP contribution in [0.25, 0.3) is 0 Å². The molecule has 0 atom stereocenters. The van der Waals surface area contributed by atoms with E-state index in [1.54, 1.807) is 0 Å². The van der Waals surface area contributed by atoms with E-state index in [9.17, 15) is 0 Å². The van der Waals surface area contributed by atoms with Crippen LogP contribution in [0.4, 0.5) is 11.5 Å². The van der Waals surface area contributed by atoms with Gasteiger partial charge in [0, 0.05) is 0 Å². The van der Waals surface area contributed by atoms with E-state index in [4.69, 9.17) is 25.2 Å². The summed E-state index contributed by atoms with van der Waals surface area (Å²) in [6.45, 7) is 0. The van der Waals surface area contributed by atoms with Crippen LogP contribution in [0, 0.1) is 0 Å². The number of nitrogen functional groups attached to an aromatic ring is 1. The number of rotatable bonds is 2. The van der Waals surface area contributed by atoms with Gasteiger partial charge < -0.3 is 11.1 Å². The number of nitrogens with one attached hydrogen (secondary N) is 1. The molecule has 11 heavy (non-hydrogen) atoms. The molecule has 0 fully saturated rings. The summed E-state index contributed by atoms with van der Waals surface area (Å²) in [6, 6.07) is 0. The molecule has 0 aliphatic carbocycles. The molecular formula is C5H6BClN4. The topological polar surface area (TPSA) is 63.8 Å². The second-order valence-corrected chi connectivity index (χ2v) is 2.17. The van der Waals surface area contributed by atoms with Gasteiger partial charge in [0.15, 0.2) is 11.0 Å². The fourth-order valence-electron chi connectivity index (χ4n) is 0.612. The van der Waals surface area contributed by atoms with Crippen LogP contribution < -0.4 is 11.1 Å². The fraction of sp³-hybridized carbons (Fsp3) is 0.200. The number of anilines is 2. The van der Waals surface area contributed by atoms with Crippen molar-refractivity contribution in [3.8, 4) is 0 Å². The SMILES string of the molecule is [B]CNc1ncnc(Cl)c1N. The van der Waals surface area contributed by atoms with Gasteiger partial charge in [-0.3, -0.25) is 0 Å². The van der Waals surface area contributed by atoms with Gasteiger partial charge in [-0.2, -0.15) is 0 Å². The van der Waals surface area contributed by atoms with Crippen LogP contribution in [0.3, 0.4) is 0 Å². The van der Waals surface area contributed by atoms with Crippen LogP contribution >= 0.6 is 11.6 Å². The molecule has 4 nitrogen and oxygen atoms in total. The van der Waals surface area contributed by atoms with E-state index in [1.165, 1.54) is 6.33 Å². The van der Waals surface area contributed by atoms with Gasteiger partial charge in [-0.05, 0) is 6.44 Å². The number of halogens is 1. The third-order valence-electron chi connectivity index (χ3n) is 1.10. The summed E-state index contributed by atoms with van der Waals surface area (Å²) in [7, 11) is 5.21. The Morgan fingerprint density at radius 3 is 3.00 bits per heavy atom. The van der Waals surface area contributed by atoms with Gasteiger partial charge in [-0.25, -0.2) is 9.97 Å². The van der Waals surface area contributed by atoms with Crippen LogP contribution in [0.1, 0.15) is 0 Å². The van der Waals surface area contributed by atoms with E-state index < -0.39 is 0 Å². The van der Waals surface area contributed by atoms with Crippen molar-refractivity contribution in [2.45, 2.75) is 0 Å². The number of nitrogens with two attached hydrogens (primary N) is 1. The van der Waals surface area contributed by atoms with Crippen molar-refractivity contribution in [3.05, 3.63) is 11.5 Å². The third kappa shape index (κ3) is 1.74. The Kier molecular flexibility index (Phi) is 2.54. The lowest BCUT2D eigenvalue weighted by Crippen LogP contribution is -2.06. The van der Waals surface area contributed by atoms with Gasteiger partial charge >= 0.3 is 0 Å². The predicted octanol–water partition coefficient (Wildman–Crippen LogP) is 0.250. The number of hydrogen-bond acceptors (Lipinski definition) is 4. The molecule has 2 radical (unpaired) electrons. The first kappa shape index (κ1) is 8.13. The molecule has 1 heterocycles. The zero-order valence-corrected chi connectivity index (χ0v) is 6.47. The van der Waals surface area contributed by atoms with E-state index in [0.717, 1.165) is 0 Å². The highest BCUT2D eigenvalue weighted by Gasteiger charge is 2.02. The van der Waals surface area contributed by atoms with Crippen LogP contribution in [-0.4, -0.2) is 24.3 Å². The number of hydrogen-bond donors (Lipinski definition) is 2. The summed E-state index contributed by atoms with van der Waals surface area (Å²) in [5.41, 5.74) is 5.81. The molecule has 0 aromatic carbocycles. The van der Waals surface area contributed by atoms with Crippen molar-refractivity contribution in [2.24, 2.45) is 0 Å². The lowest BCUT2D eigenvalue weighted by atomic mass is 10.2. The largest absolute Gasteiger partial charge is 0.393 e. The van der Waals surface area contributed by atoms with Crippen molar-refractivity contribution in [1.82, 2.24) is 9.97 Å². The molecule has 0 aliphatic rings. The first-order chi connectivity index (χ1) is 5.25. The van der Waals surface area contributed by atoms with E-state index in [0.29, 0.717) is 11.5 Å². The molecule has 0 saturated heterocycles. The summed E-state index contributed by atoms with van der Waals surface area (Å²) in [4.78, 5) is 7.49. The van der Waals surface area contributed by atoms with Gasteiger partial charge in [0.1, 0.15) is 12.0 Å². The zero-order chi connectivity index (χ0) is 8.27. The van der Waals surface area contributed by atoms with Gasteiger partial charge in [-0.1, -0.05) is 11.6 Å². The van der Waals surface area contributed by atoms with E-state index in [-0.39, 0.29) is 11.6 Å². The number of nitrogens with zero attached hydrogens (tertiary/aromatic N) is 2. The minimum absolute atomic E-state index is 0.232. The Morgan fingerprint density at radius 1 is 1.64 bits per heavy atom.